The van der Waals surface area contributed by atoms with Gasteiger partial charge in [-0.1, -0.05) is 0 Å². The van der Waals surface area contributed by atoms with Crippen molar-refractivity contribution in [1.29, 1.82) is 0 Å². The molecule has 80 valence electrons. The monoisotopic (exact) mass is 206 g/mol. The van der Waals surface area contributed by atoms with Crippen LogP contribution in [0, 0.1) is 0 Å². The van der Waals surface area contributed by atoms with Crippen molar-refractivity contribution >= 4 is 23.6 Å². The van der Waals surface area contributed by atoms with Gasteiger partial charge in [0, 0.05) is 25.5 Å². The Morgan fingerprint density at radius 2 is 1.93 bits per heavy atom. The second-order valence-electron chi connectivity index (χ2n) is 3.36. The van der Waals surface area contributed by atoms with Crippen molar-refractivity contribution in [2.75, 3.05) is 24.3 Å². The third-order valence-corrected chi connectivity index (χ3v) is 1.94. The van der Waals surface area contributed by atoms with Gasteiger partial charge in [-0.25, -0.2) is 0 Å². The number of carbonyl (C=O) groups is 2. The Bertz CT molecular complexity index is 344. The van der Waals surface area contributed by atoms with Crippen LogP contribution < -0.4 is 10.2 Å². The second kappa shape index (κ2) is 5.14. The predicted octanol–water partition coefficient (Wildman–Crippen LogP) is 1.28. The first-order valence-electron chi connectivity index (χ1n) is 4.64. The Kier molecular flexibility index (Phi) is 3.85. The van der Waals surface area contributed by atoms with Crippen molar-refractivity contribution in [1.82, 2.24) is 0 Å². The fourth-order valence-electron chi connectivity index (χ4n) is 1.13. The molecule has 0 heterocycles. The lowest BCUT2D eigenvalue weighted by atomic mass is 10.2. The normalized spacial score (nSPS) is 9.47. The molecule has 1 N–H and O–H groups in total. The molecule has 0 unspecified atom stereocenters. The maximum absolute atomic E-state index is 11.1. The fraction of sp³-hybridized carbons (Fsp3) is 0.273. The summed E-state index contributed by atoms with van der Waals surface area (Å²) in [6, 6.07) is 7.41. The molecule has 0 atom stereocenters. The zero-order chi connectivity index (χ0) is 11.3. The minimum atomic E-state index is -0.289. The SMILES string of the molecule is CN(C)c1ccc(NC(=O)CC=O)cc1. The molecule has 1 aromatic rings. The quantitative estimate of drug-likeness (QED) is 0.596. The van der Waals surface area contributed by atoms with Gasteiger partial charge in [0.2, 0.25) is 5.91 Å². The Morgan fingerprint density at radius 3 is 2.40 bits per heavy atom. The highest BCUT2D eigenvalue weighted by molar-refractivity contribution is 5.98. The van der Waals surface area contributed by atoms with Gasteiger partial charge < -0.3 is 15.0 Å². The van der Waals surface area contributed by atoms with Gasteiger partial charge in [0.05, 0.1) is 6.42 Å². The molecule has 0 aliphatic heterocycles. The van der Waals surface area contributed by atoms with E-state index in [1.54, 1.807) is 12.1 Å². The molecule has 0 saturated heterocycles. The van der Waals surface area contributed by atoms with Crippen LogP contribution in [0.2, 0.25) is 0 Å². The number of hydrogen-bond donors (Lipinski definition) is 1. The van der Waals surface area contributed by atoms with E-state index in [1.807, 2.05) is 31.1 Å². The van der Waals surface area contributed by atoms with Gasteiger partial charge in [-0.3, -0.25) is 4.79 Å². The van der Waals surface area contributed by atoms with Crippen molar-refractivity contribution in [3.63, 3.8) is 0 Å². The highest BCUT2D eigenvalue weighted by Gasteiger charge is 2.01. The number of aldehydes is 1. The Labute approximate surface area is 88.9 Å². The molecule has 0 aromatic heterocycles. The Morgan fingerprint density at radius 1 is 1.33 bits per heavy atom. The molecule has 0 bridgehead atoms. The van der Waals surface area contributed by atoms with Crippen LogP contribution in [0.1, 0.15) is 6.42 Å². The van der Waals surface area contributed by atoms with Crippen LogP contribution in [0.4, 0.5) is 11.4 Å². The number of carbonyl (C=O) groups excluding carboxylic acids is 2. The van der Waals surface area contributed by atoms with Crippen LogP contribution in [0.15, 0.2) is 24.3 Å². The number of nitrogens with one attached hydrogen (secondary N) is 1. The highest BCUT2D eigenvalue weighted by atomic mass is 16.2. The largest absolute Gasteiger partial charge is 0.378 e. The van der Waals surface area contributed by atoms with E-state index in [0.717, 1.165) is 5.69 Å². The minimum Gasteiger partial charge on any atom is -0.378 e. The summed E-state index contributed by atoms with van der Waals surface area (Å²) < 4.78 is 0. The summed E-state index contributed by atoms with van der Waals surface area (Å²) in [6.07, 6.45) is 0.485. The summed E-state index contributed by atoms with van der Waals surface area (Å²) >= 11 is 0. The lowest BCUT2D eigenvalue weighted by molar-refractivity contribution is -0.119. The van der Waals surface area contributed by atoms with Gasteiger partial charge in [0.1, 0.15) is 6.29 Å². The van der Waals surface area contributed by atoms with Crippen molar-refractivity contribution in [3.05, 3.63) is 24.3 Å². The Balaban J connectivity index is 2.64. The van der Waals surface area contributed by atoms with Crippen molar-refractivity contribution in [3.8, 4) is 0 Å². The molecule has 0 aliphatic rings. The predicted molar refractivity (Wildman–Crippen MR) is 60.1 cm³/mol. The van der Waals surface area contributed by atoms with E-state index in [-0.39, 0.29) is 12.3 Å². The third-order valence-electron chi connectivity index (χ3n) is 1.94. The molecule has 4 heteroatoms. The molecular weight excluding hydrogens is 192 g/mol. The smallest absolute Gasteiger partial charge is 0.231 e. The fourth-order valence-corrected chi connectivity index (χ4v) is 1.13. The first-order chi connectivity index (χ1) is 7.13. The zero-order valence-corrected chi connectivity index (χ0v) is 8.86. The number of benzene rings is 1. The van der Waals surface area contributed by atoms with Gasteiger partial charge in [-0.15, -0.1) is 0 Å². The summed E-state index contributed by atoms with van der Waals surface area (Å²) in [4.78, 5) is 23.1. The van der Waals surface area contributed by atoms with Crippen LogP contribution in [0.5, 0.6) is 0 Å². The van der Waals surface area contributed by atoms with Gasteiger partial charge in [-0.2, -0.15) is 0 Å². The van der Waals surface area contributed by atoms with Crippen molar-refractivity contribution in [2.24, 2.45) is 0 Å². The number of amides is 1. The molecule has 0 radical (unpaired) electrons. The van der Waals surface area contributed by atoms with Crippen LogP contribution in [0.3, 0.4) is 0 Å². The van der Waals surface area contributed by atoms with E-state index in [2.05, 4.69) is 5.32 Å². The molecule has 0 saturated carbocycles. The maximum Gasteiger partial charge on any atom is 0.231 e. The van der Waals surface area contributed by atoms with Crippen molar-refractivity contribution in [2.45, 2.75) is 6.42 Å². The average Bonchev–Trinajstić information content (AvgIpc) is 2.18. The molecule has 1 rings (SSSR count). The summed E-state index contributed by atoms with van der Waals surface area (Å²) in [5.41, 5.74) is 1.76. The molecular formula is C11H14N2O2. The van der Waals surface area contributed by atoms with E-state index < -0.39 is 0 Å². The van der Waals surface area contributed by atoms with E-state index in [1.165, 1.54) is 0 Å². The van der Waals surface area contributed by atoms with Gasteiger partial charge >= 0.3 is 0 Å². The molecule has 0 spiro atoms. The molecule has 1 aromatic carbocycles. The number of rotatable bonds is 4. The molecule has 0 fully saturated rings. The van der Waals surface area contributed by atoms with Gasteiger partial charge in [-0.05, 0) is 24.3 Å². The average molecular weight is 206 g/mol. The van der Waals surface area contributed by atoms with Crippen LogP contribution >= 0.6 is 0 Å². The van der Waals surface area contributed by atoms with E-state index in [9.17, 15) is 9.59 Å². The molecule has 4 nitrogen and oxygen atoms in total. The van der Waals surface area contributed by atoms with Gasteiger partial charge in [0.25, 0.3) is 0 Å². The number of nitrogens with zero attached hydrogens (tertiary/aromatic N) is 1. The lowest BCUT2D eigenvalue weighted by Gasteiger charge is -2.12. The van der Waals surface area contributed by atoms with E-state index in [0.29, 0.717) is 12.0 Å². The Hall–Kier alpha value is -1.84. The molecule has 1 amide bonds. The standard InChI is InChI=1S/C11H14N2O2/c1-13(2)10-5-3-9(4-6-10)12-11(15)7-8-14/h3-6,8H,7H2,1-2H3,(H,12,15). The van der Waals surface area contributed by atoms with E-state index >= 15 is 0 Å². The summed E-state index contributed by atoms with van der Waals surface area (Å²) in [6.45, 7) is 0. The molecule has 0 aliphatic carbocycles. The third kappa shape index (κ3) is 3.42. The number of hydrogen-bond acceptors (Lipinski definition) is 3. The van der Waals surface area contributed by atoms with Gasteiger partial charge in [0.15, 0.2) is 0 Å². The molecule has 15 heavy (non-hydrogen) atoms. The van der Waals surface area contributed by atoms with Crippen molar-refractivity contribution < 1.29 is 9.59 Å². The zero-order valence-electron chi connectivity index (χ0n) is 8.86. The van der Waals surface area contributed by atoms with E-state index in [4.69, 9.17) is 0 Å². The van der Waals surface area contributed by atoms with Crippen LogP contribution in [-0.2, 0) is 9.59 Å². The maximum atomic E-state index is 11.1. The summed E-state index contributed by atoms with van der Waals surface area (Å²) in [5, 5.41) is 2.62. The minimum absolute atomic E-state index is 0.102. The summed E-state index contributed by atoms with van der Waals surface area (Å²) in [5.74, 6) is -0.289. The second-order valence-corrected chi connectivity index (χ2v) is 3.36. The lowest BCUT2D eigenvalue weighted by Crippen LogP contribution is -2.12. The first kappa shape index (κ1) is 11.2. The highest BCUT2D eigenvalue weighted by Crippen LogP contribution is 2.15. The topological polar surface area (TPSA) is 49.4 Å². The van der Waals surface area contributed by atoms with Crippen LogP contribution in [-0.4, -0.2) is 26.3 Å². The first-order valence-corrected chi connectivity index (χ1v) is 4.64. The number of anilines is 2. The van der Waals surface area contributed by atoms with Crippen LogP contribution in [0.25, 0.3) is 0 Å². The summed E-state index contributed by atoms with van der Waals surface area (Å²) in [7, 11) is 3.89.